The summed E-state index contributed by atoms with van der Waals surface area (Å²) in [6.07, 6.45) is 9.49. The summed E-state index contributed by atoms with van der Waals surface area (Å²) in [6, 6.07) is 14.6. The molecule has 1 atom stereocenters. The summed E-state index contributed by atoms with van der Waals surface area (Å²) in [5, 5.41) is 7.37. The van der Waals surface area contributed by atoms with Gasteiger partial charge in [-0.1, -0.05) is 36.4 Å². The van der Waals surface area contributed by atoms with E-state index in [0.29, 0.717) is 42.4 Å². The van der Waals surface area contributed by atoms with Crippen molar-refractivity contribution in [3.05, 3.63) is 66.5 Å². The van der Waals surface area contributed by atoms with Gasteiger partial charge in [-0.15, -0.1) is 0 Å². The number of aromatic nitrogens is 2. The molecule has 1 aliphatic carbocycles. The van der Waals surface area contributed by atoms with Crippen molar-refractivity contribution in [3.63, 3.8) is 0 Å². The van der Waals surface area contributed by atoms with Crippen LogP contribution in [0.4, 0.5) is 11.5 Å². The maximum Gasteiger partial charge on any atom is 0.248 e. The average molecular weight is 516 g/mol. The minimum Gasteiger partial charge on any atom is -0.491 e. The SMILES string of the molecule is C[C@@H](Nc1ncnc2cc(OCC3CC3)c(NC(=O)C=CCN(C)C3CCOCC3)cc12)c1ccccc1. The first-order valence-electron chi connectivity index (χ1n) is 13.6. The number of amides is 1. The van der Waals surface area contributed by atoms with Crippen LogP contribution in [-0.4, -0.2) is 60.2 Å². The number of fused-ring (bicyclic) bond motifs is 1. The third-order valence-corrected chi connectivity index (χ3v) is 7.30. The molecule has 0 spiro atoms. The highest BCUT2D eigenvalue weighted by Crippen LogP contribution is 2.36. The van der Waals surface area contributed by atoms with Crippen molar-refractivity contribution >= 4 is 28.3 Å². The van der Waals surface area contributed by atoms with Gasteiger partial charge in [-0.05, 0) is 57.2 Å². The lowest BCUT2D eigenvalue weighted by Gasteiger charge is -2.30. The molecule has 2 aliphatic rings. The summed E-state index contributed by atoms with van der Waals surface area (Å²) in [5.74, 6) is 1.74. The molecule has 0 unspecified atom stereocenters. The Labute approximate surface area is 224 Å². The zero-order valence-electron chi connectivity index (χ0n) is 22.2. The monoisotopic (exact) mass is 515 g/mol. The van der Waals surface area contributed by atoms with Crippen molar-refractivity contribution in [1.82, 2.24) is 14.9 Å². The maximum absolute atomic E-state index is 12.9. The highest BCUT2D eigenvalue weighted by molar-refractivity contribution is 6.03. The molecule has 0 radical (unpaired) electrons. The fraction of sp³-hybridized carbons (Fsp3) is 0.433. The van der Waals surface area contributed by atoms with Gasteiger partial charge in [-0.25, -0.2) is 9.97 Å². The molecule has 1 aromatic heterocycles. The number of hydrogen-bond acceptors (Lipinski definition) is 7. The van der Waals surface area contributed by atoms with Gasteiger partial charge in [-0.3, -0.25) is 9.69 Å². The number of nitrogens with one attached hydrogen (secondary N) is 2. The van der Waals surface area contributed by atoms with E-state index in [9.17, 15) is 4.79 Å². The topological polar surface area (TPSA) is 88.6 Å². The van der Waals surface area contributed by atoms with Gasteiger partial charge in [0.1, 0.15) is 17.9 Å². The lowest BCUT2D eigenvalue weighted by molar-refractivity contribution is -0.111. The van der Waals surface area contributed by atoms with Gasteiger partial charge in [0.25, 0.3) is 0 Å². The maximum atomic E-state index is 12.9. The van der Waals surface area contributed by atoms with E-state index in [4.69, 9.17) is 9.47 Å². The van der Waals surface area contributed by atoms with Gasteiger partial charge in [0.15, 0.2) is 0 Å². The number of carbonyl (C=O) groups excluding carboxylic acids is 1. The fourth-order valence-corrected chi connectivity index (χ4v) is 4.71. The Morgan fingerprint density at radius 2 is 1.95 bits per heavy atom. The Morgan fingerprint density at radius 3 is 2.71 bits per heavy atom. The largest absolute Gasteiger partial charge is 0.491 e. The first kappa shape index (κ1) is 26.1. The average Bonchev–Trinajstić information content (AvgIpc) is 3.78. The molecule has 2 fully saturated rings. The molecule has 38 heavy (non-hydrogen) atoms. The number of carbonyl (C=O) groups is 1. The molecule has 1 amide bonds. The molecule has 0 bridgehead atoms. The number of likely N-dealkylation sites (N-methyl/N-ethyl adjacent to an activating group) is 1. The van der Waals surface area contributed by atoms with Crippen LogP contribution in [0.5, 0.6) is 5.75 Å². The zero-order chi connectivity index (χ0) is 26.3. The van der Waals surface area contributed by atoms with E-state index in [1.807, 2.05) is 36.4 Å². The molecule has 8 nitrogen and oxygen atoms in total. The molecule has 5 rings (SSSR count). The van der Waals surface area contributed by atoms with E-state index >= 15 is 0 Å². The fourth-order valence-electron chi connectivity index (χ4n) is 4.71. The molecular formula is C30H37N5O3. The van der Waals surface area contributed by atoms with Crippen LogP contribution < -0.4 is 15.4 Å². The minimum atomic E-state index is -0.190. The molecule has 1 saturated heterocycles. The van der Waals surface area contributed by atoms with E-state index in [2.05, 4.69) is 51.6 Å². The zero-order valence-corrected chi connectivity index (χ0v) is 22.2. The Morgan fingerprint density at radius 1 is 1.16 bits per heavy atom. The van der Waals surface area contributed by atoms with Crippen LogP contribution in [0.3, 0.4) is 0 Å². The van der Waals surface area contributed by atoms with Crippen molar-refractivity contribution in [3.8, 4) is 5.75 Å². The molecule has 2 aromatic carbocycles. The van der Waals surface area contributed by atoms with Crippen LogP contribution in [0.25, 0.3) is 10.9 Å². The van der Waals surface area contributed by atoms with Gasteiger partial charge in [0.05, 0.1) is 17.8 Å². The molecule has 1 aliphatic heterocycles. The highest BCUT2D eigenvalue weighted by atomic mass is 16.5. The molecular weight excluding hydrogens is 478 g/mol. The van der Waals surface area contributed by atoms with Gasteiger partial charge in [0, 0.05) is 49.4 Å². The Bertz CT molecular complexity index is 1260. The Balaban J connectivity index is 1.33. The number of rotatable bonds is 11. The summed E-state index contributed by atoms with van der Waals surface area (Å²) in [7, 11) is 2.09. The second kappa shape index (κ2) is 12.4. The second-order valence-corrected chi connectivity index (χ2v) is 10.3. The van der Waals surface area contributed by atoms with Crippen molar-refractivity contribution < 1.29 is 14.3 Å². The van der Waals surface area contributed by atoms with Gasteiger partial charge < -0.3 is 20.1 Å². The van der Waals surface area contributed by atoms with Crippen molar-refractivity contribution in [2.75, 3.05) is 44.0 Å². The first-order chi connectivity index (χ1) is 18.6. The smallest absolute Gasteiger partial charge is 0.248 e. The summed E-state index contributed by atoms with van der Waals surface area (Å²) in [6.45, 7) is 5.05. The molecule has 2 N–H and O–H groups in total. The summed E-state index contributed by atoms with van der Waals surface area (Å²) >= 11 is 0. The number of nitrogens with zero attached hydrogens (tertiary/aromatic N) is 3. The van der Waals surface area contributed by atoms with Crippen molar-refractivity contribution in [2.24, 2.45) is 5.92 Å². The summed E-state index contributed by atoms with van der Waals surface area (Å²) in [5.41, 5.74) is 2.55. The van der Waals surface area contributed by atoms with Crippen LogP contribution in [0, 0.1) is 5.92 Å². The van der Waals surface area contributed by atoms with Crippen LogP contribution in [-0.2, 0) is 9.53 Å². The standard InChI is InChI=1S/C30H37N5O3/c1-21(23-7-4-3-5-8-23)33-30-25-17-27(28(38-19-22-10-11-22)18-26(25)31-20-32-30)34-29(36)9-6-14-35(2)24-12-15-37-16-13-24/h3-9,17-18,20-22,24H,10-16,19H2,1-2H3,(H,34,36)(H,31,32,33)/t21-/m1/s1. The summed E-state index contributed by atoms with van der Waals surface area (Å²) < 4.78 is 11.6. The lowest BCUT2D eigenvalue weighted by atomic mass is 10.1. The van der Waals surface area contributed by atoms with E-state index in [1.54, 1.807) is 12.4 Å². The van der Waals surface area contributed by atoms with E-state index in [1.165, 1.54) is 12.8 Å². The van der Waals surface area contributed by atoms with Crippen molar-refractivity contribution in [2.45, 2.75) is 44.7 Å². The van der Waals surface area contributed by atoms with E-state index in [-0.39, 0.29) is 11.9 Å². The van der Waals surface area contributed by atoms with Crippen LogP contribution in [0.15, 0.2) is 60.9 Å². The molecule has 8 heteroatoms. The quantitative estimate of drug-likeness (QED) is 0.340. The minimum absolute atomic E-state index is 0.0498. The number of ether oxygens (including phenoxy) is 2. The predicted octanol–water partition coefficient (Wildman–Crippen LogP) is 5.20. The van der Waals surface area contributed by atoms with Gasteiger partial charge in [-0.2, -0.15) is 0 Å². The third kappa shape index (κ3) is 6.88. The van der Waals surface area contributed by atoms with Gasteiger partial charge in [0.2, 0.25) is 5.91 Å². The highest BCUT2D eigenvalue weighted by Gasteiger charge is 2.23. The number of anilines is 2. The third-order valence-electron chi connectivity index (χ3n) is 7.30. The van der Waals surface area contributed by atoms with Gasteiger partial charge >= 0.3 is 0 Å². The molecule has 1 saturated carbocycles. The normalized spacial score (nSPS) is 17.1. The molecule has 2 heterocycles. The predicted molar refractivity (Wildman–Crippen MR) is 150 cm³/mol. The van der Waals surface area contributed by atoms with E-state index in [0.717, 1.165) is 42.5 Å². The number of hydrogen-bond donors (Lipinski definition) is 2. The molecule has 3 aromatic rings. The van der Waals surface area contributed by atoms with Crippen molar-refractivity contribution in [1.29, 1.82) is 0 Å². The number of benzene rings is 2. The molecule has 200 valence electrons. The summed E-state index contributed by atoms with van der Waals surface area (Å²) in [4.78, 5) is 24.2. The Kier molecular flexibility index (Phi) is 8.51. The van der Waals surface area contributed by atoms with Crippen LogP contribution in [0.1, 0.15) is 44.2 Å². The van der Waals surface area contributed by atoms with Crippen LogP contribution >= 0.6 is 0 Å². The first-order valence-corrected chi connectivity index (χ1v) is 13.6. The Hall–Kier alpha value is -3.49. The van der Waals surface area contributed by atoms with Crippen LogP contribution in [0.2, 0.25) is 0 Å². The lowest BCUT2D eigenvalue weighted by Crippen LogP contribution is -2.36. The van der Waals surface area contributed by atoms with E-state index < -0.39 is 0 Å². The second-order valence-electron chi connectivity index (χ2n) is 10.3.